The zero-order valence-corrected chi connectivity index (χ0v) is 16.1. The van der Waals surface area contributed by atoms with E-state index in [0.29, 0.717) is 16.1 Å². The van der Waals surface area contributed by atoms with E-state index in [9.17, 15) is 4.79 Å². The number of carbonyl (C=O) groups excluding carboxylic acids is 1. The molecule has 0 aliphatic carbocycles. The van der Waals surface area contributed by atoms with Gasteiger partial charge in [0.25, 0.3) is 5.22 Å². The van der Waals surface area contributed by atoms with E-state index in [4.69, 9.17) is 16.0 Å². The Morgan fingerprint density at radius 2 is 1.74 bits per heavy atom. The summed E-state index contributed by atoms with van der Waals surface area (Å²) in [5, 5.41) is 8.87. The van der Waals surface area contributed by atoms with Crippen LogP contribution in [0.25, 0.3) is 11.5 Å². The zero-order chi connectivity index (χ0) is 18.6. The molecule has 27 heavy (non-hydrogen) atoms. The molecule has 1 saturated heterocycles. The molecule has 0 spiro atoms. The molecule has 2 aromatic carbocycles. The highest BCUT2D eigenvalue weighted by Crippen LogP contribution is 2.37. The van der Waals surface area contributed by atoms with Crippen LogP contribution in [0.3, 0.4) is 0 Å². The van der Waals surface area contributed by atoms with Crippen molar-refractivity contribution >= 4 is 29.3 Å². The van der Waals surface area contributed by atoms with Crippen molar-refractivity contribution in [2.45, 2.75) is 23.3 Å². The van der Waals surface area contributed by atoms with E-state index < -0.39 is 5.25 Å². The van der Waals surface area contributed by atoms with Crippen LogP contribution >= 0.6 is 23.4 Å². The predicted octanol–water partition coefficient (Wildman–Crippen LogP) is 4.85. The number of benzene rings is 2. The highest BCUT2D eigenvalue weighted by Gasteiger charge is 2.30. The first kappa shape index (κ1) is 18.1. The van der Waals surface area contributed by atoms with E-state index in [1.165, 1.54) is 11.8 Å². The molecule has 1 amide bonds. The number of amides is 1. The van der Waals surface area contributed by atoms with Gasteiger partial charge < -0.3 is 9.32 Å². The first-order chi connectivity index (χ1) is 13.2. The summed E-state index contributed by atoms with van der Waals surface area (Å²) < 4.78 is 5.80. The Kier molecular flexibility index (Phi) is 5.45. The van der Waals surface area contributed by atoms with E-state index in [0.717, 1.165) is 37.1 Å². The van der Waals surface area contributed by atoms with Crippen LogP contribution in [0, 0.1) is 0 Å². The first-order valence-corrected chi connectivity index (χ1v) is 10.1. The van der Waals surface area contributed by atoms with Gasteiger partial charge in [0.2, 0.25) is 11.8 Å². The van der Waals surface area contributed by atoms with Crippen molar-refractivity contribution < 1.29 is 9.21 Å². The van der Waals surface area contributed by atoms with Crippen LogP contribution in [0.2, 0.25) is 5.02 Å². The van der Waals surface area contributed by atoms with Gasteiger partial charge in [0.1, 0.15) is 5.25 Å². The van der Waals surface area contributed by atoms with E-state index in [1.54, 1.807) is 12.1 Å². The van der Waals surface area contributed by atoms with Gasteiger partial charge in [-0.2, -0.15) is 0 Å². The summed E-state index contributed by atoms with van der Waals surface area (Å²) in [5.74, 6) is 0.504. The molecule has 5 nitrogen and oxygen atoms in total. The Morgan fingerprint density at radius 3 is 2.44 bits per heavy atom. The van der Waals surface area contributed by atoms with Gasteiger partial charge in [-0.3, -0.25) is 4.79 Å². The van der Waals surface area contributed by atoms with Crippen molar-refractivity contribution in [1.29, 1.82) is 0 Å². The van der Waals surface area contributed by atoms with Crippen LogP contribution in [0.1, 0.15) is 23.7 Å². The Morgan fingerprint density at radius 1 is 1.04 bits per heavy atom. The number of aromatic nitrogens is 2. The van der Waals surface area contributed by atoms with Crippen LogP contribution in [0.15, 0.2) is 64.2 Å². The van der Waals surface area contributed by atoms with E-state index in [2.05, 4.69) is 10.2 Å². The molecule has 7 heteroatoms. The van der Waals surface area contributed by atoms with Crippen molar-refractivity contribution in [3.05, 3.63) is 65.2 Å². The standard InChI is InChI=1S/C20H18ClN3O2S/c21-16-10-8-15(9-11-16)18-22-23-20(26-18)27-17(14-6-2-1-3-7-14)19(25)24-12-4-5-13-24/h1-3,6-11,17H,4-5,12-13H2/t17-/m1/s1. The second-order valence-electron chi connectivity index (χ2n) is 6.32. The van der Waals surface area contributed by atoms with Gasteiger partial charge in [0, 0.05) is 23.7 Å². The van der Waals surface area contributed by atoms with Crippen molar-refractivity contribution in [2.24, 2.45) is 0 Å². The Balaban J connectivity index is 1.58. The number of hydrogen-bond acceptors (Lipinski definition) is 5. The fraction of sp³-hybridized carbons (Fsp3) is 0.250. The quantitative estimate of drug-likeness (QED) is 0.574. The summed E-state index contributed by atoms with van der Waals surface area (Å²) in [7, 11) is 0. The second-order valence-corrected chi connectivity index (χ2v) is 7.81. The van der Waals surface area contributed by atoms with E-state index in [-0.39, 0.29) is 5.91 Å². The van der Waals surface area contributed by atoms with Crippen molar-refractivity contribution in [3.8, 4) is 11.5 Å². The zero-order valence-electron chi connectivity index (χ0n) is 14.5. The third-order valence-electron chi connectivity index (χ3n) is 4.46. The van der Waals surface area contributed by atoms with E-state index >= 15 is 0 Å². The molecule has 0 unspecified atom stereocenters. The number of hydrogen-bond donors (Lipinski definition) is 0. The van der Waals surface area contributed by atoms with Gasteiger partial charge in [0.15, 0.2) is 0 Å². The van der Waals surface area contributed by atoms with Crippen molar-refractivity contribution in [2.75, 3.05) is 13.1 Å². The molecule has 0 bridgehead atoms. The Bertz CT molecular complexity index is 908. The maximum atomic E-state index is 13.1. The molecule has 0 radical (unpaired) electrons. The molecule has 2 heterocycles. The topological polar surface area (TPSA) is 59.2 Å². The summed E-state index contributed by atoms with van der Waals surface area (Å²) in [6, 6.07) is 16.9. The van der Waals surface area contributed by atoms with Crippen LogP contribution in [-0.4, -0.2) is 34.1 Å². The van der Waals surface area contributed by atoms with Gasteiger partial charge in [-0.15, -0.1) is 10.2 Å². The van der Waals surface area contributed by atoms with Gasteiger partial charge in [-0.05, 0) is 54.4 Å². The van der Waals surface area contributed by atoms with Gasteiger partial charge in [-0.1, -0.05) is 41.9 Å². The fourth-order valence-electron chi connectivity index (χ4n) is 3.06. The third kappa shape index (κ3) is 4.17. The van der Waals surface area contributed by atoms with E-state index in [1.807, 2.05) is 47.4 Å². The summed E-state index contributed by atoms with van der Waals surface area (Å²) in [5.41, 5.74) is 1.73. The van der Waals surface area contributed by atoms with Crippen LogP contribution in [0.4, 0.5) is 0 Å². The summed E-state index contributed by atoms with van der Waals surface area (Å²) in [6.45, 7) is 1.62. The average Bonchev–Trinajstić information content (AvgIpc) is 3.39. The molecule has 0 saturated carbocycles. The number of rotatable bonds is 5. The molecule has 1 aliphatic rings. The van der Waals surface area contributed by atoms with Gasteiger partial charge >= 0.3 is 0 Å². The number of nitrogens with zero attached hydrogens (tertiary/aromatic N) is 3. The average molecular weight is 400 g/mol. The fourth-order valence-corrected chi connectivity index (χ4v) is 4.15. The predicted molar refractivity (Wildman–Crippen MR) is 106 cm³/mol. The number of carbonyl (C=O) groups is 1. The lowest BCUT2D eigenvalue weighted by atomic mass is 10.1. The van der Waals surface area contributed by atoms with Crippen LogP contribution in [-0.2, 0) is 4.79 Å². The summed E-state index contributed by atoms with van der Waals surface area (Å²) >= 11 is 7.22. The van der Waals surface area contributed by atoms with Crippen molar-refractivity contribution in [1.82, 2.24) is 15.1 Å². The minimum atomic E-state index is -0.400. The molecule has 0 N–H and O–H groups in total. The highest BCUT2D eigenvalue weighted by molar-refractivity contribution is 8.00. The monoisotopic (exact) mass is 399 g/mol. The minimum absolute atomic E-state index is 0.0925. The van der Waals surface area contributed by atoms with Gasteiger partial charge in [-0.25, -0.2) is 0 Å². The molecule has 1 aliphatic heterocycles. The number of halogens is 1. The van der Waals surface area contributed by atoms with Crippen LogP contribution < -0.4 is 0 Å². The molecule has 1 aromatic heterocycles. The third-order valence-corrected chi connectivity index (χ3v) is 5.79. The Hall–Kier alpha value is -2.31. The lowest BCUT2D eigenvalue weighted by molar-refractivity contribution is -0.129. The normalized spacial score (nSPS) is 15.1. The molecule has 138 valence electrons. The molecule has 4 rings (SSSR count). The lowest BCUT2D eigenvalue weighted by Crippen LogP contribution is -2.31. The number of thioether (sulfide) groups is 1. The Labute approximate surface area is 166 Å². The van der Waals surface area contributed by atoms with Gasteiger partial charge in [0.05, 0.1) is 0 Å². The number of likely N-dealkylation sites (tertiary alicyclic amines) is 1. The molecule has 3 aromatic rings. The highest BCUT2D eigenvalue weighted by atomic mass is 35.5. The second kappa shape index (κ2) is 8.15. The summed E-state index contributed by atoms with van der Waals surface area (Å²) in [4.78, 5) is 15.0. The molecular weight excluding hydrogens is 382 g/mol. The maximum absolute atomic E-state index is 13.1. The molecular formula is C20H18ClN3O2S. The molecule has 1 atom stereocenters. The SMILES string of the molecule is O=C([C@H](Sc1nnc(-c2ccc(Cl)cc2)o1)c1ccccc1)N1CCCC1. The van der Waals surface area contributed by atoms with Crippen molar-refractivity contribution in [3.63, 3.8) is 0 Å². The maximum Gasteiger partial charge on any atom is 0.277 e. The summed E-state index contributed by atoms with van der Waals surface area (Å²) in [6.07, 6.45) is 2.11. The lowest BCUT2D eigenvalue weighted by Gasteiger charge is -2.22. The largest absolute Gasteiger partial charge is 0.411 e. The first-order valence-electron chi connectivity index (χ1n) is 8.80. The molecule has 1 fully saturated rings. The smallest absolute Gasteiger partial charge is 0.277 e. The minimum Gasteiger partial charge on any atom is -0.411 e. The van der Waals surface area contributed by atoms with Crippen LogP contribution in [0.5, 0.6) is 0 Å².